The number of carbonyl (C=O) groups is 1. The normalized spacial score (nSPS) is 18.4. The second kappa shape index (κ2) is 5.67. The number of hydrogen-bond donors (Lipinski definition) is 0. The van der Waals surface area contributed by atoms with Gasteiger partial charge in [0.25, 0.3) is 0 Å². The molecule has 0 saturated heterocycles. The van der Waals surface area contributed by atoms with Crippen molar-refractivity contribution in [1.29, 1.82) is 0 Å². The maximum absolute atomic E-state index is 11.9. The number of hydrogen-bond acceptors (Lipinski definition) is 2. The van der Waals surface area contributed by atoms with Crippen LogP contribution in [0.1, 0.15) is 38.2 Å². The molecule has 90 valence electrons. The highest BCUT2D eigenvalue weighted by Gasteiger charge is 2.16. The summed E-state index contributed by atoms with van der Waals surface area (Å²) in [6, 6.07) is 7.78. The van der Waals surface area contributed by atoms with Gasteiger partial charge in [-0.1, -0.05) is 37.6 Å². The van der Waals surface area contributed by atoms with Crippen molar-refractivity contribution in [3.05, 3.63) is 41.5 Å². The summed E-state index contributed by atoms with van der Waals surface area (Å²) in [4.78, 5) is 11.9. The lowest BCUT2D eigenvalue weighted by Crippen LogP contribution is -2.14. The Bertz CT molecular complexity index is 432. The van der Waals surface area contributed by atoms with Gasteiger partial charge in [-0.2, -0.15) is 0 Å². The Labute approximate surface area is 102 Å². The molecule has 0 bridgehead atoms. The van der Waals surface area contributed by atoms with E-state index in [9.17, 15) is 4.79 Å². The van der Waals surface area contributed by atoms with Crippen molar-refractivity contribution in [2.24, 2.45) is 0 Å². The maximum Gasteiger partial charge on any atom is 0.339 e. The van der Waals surface area contributed by atoms with Crippen molar-refractivity contribution in [3.63, 3.8) is 0 Å². The van der Waals surface area contributed by atoms with Crippen molar-refractivity contribution in [3.8, 4) is 5.75 Å². The first-order valence-electron chi connectivity index (χ1n) is 6.30. The molecule has 2 rings (SSSR count). The van der Waals surface area contributed by atoms with Crippen LogP contribution in [-0.4, -0.2) is 5.97 Å². The first-order valence-corrected chi connectivity index (χ1v) is 6.30. The Kier molecular flexibility index (Phi) is 3.97. The molecule has 0 atom stereocenters. The summed E-state index contributed by atoms with van der Waals surface area (Å²) < 4.78 is 5.44. The SMILES string of the molecule is CCCC/C1=C/CCc2ccccc2OC1=O. The summed E-state index contributed by atoms with van der Waals surface area (Å²) in [5.74, 6) is 0.546. The van der Waals surface area contributed by atoms with Crippen molar-refractivity contribution in [2.45, 2.75) is 39.0 Å². The third-order valence-corrected chi connectivity index (χ3v) is 3.04. The van der Waals surface area contributed by atoms with E-state index >= 15 is 0 Å². The van der Waals surface area contributed by atoms with Crippen molar-refractivity contribution in [1.82, 2.24) is 0 Å². The zero-order chi connectivity index (χ0) is 12.1. The minimum absolute atomic E-state index is 0.175. The highest BCUT2D eigenvalue weighted by Crippen LogP contribution is 2.24. The number of unbranched alkanes of at least 4 members (excludes halogenated alkanes) is 1. The lowest BCUT2D eigenvalue weighted by Gasteiger charge is -2.14. The van der Waals surface area contributed by atoms with Gasteiger partial charge in [-0.25, -0.2) is 4.79 Å². The van der Waals surface area contributed by atoms with Crippen LogP contribution in [0, 0.1) is 0 Å². The first-order chi connectivity index (χ1) is 8.31. The largest absolute Gasteiger partial charge is 0.423 e. The molecule has 0 fully saturated rings. The minimum atomic E-state index is -0.175. The number of aryl methyl sites for hydroxylation is 1. The quantitative estimate of drug-likeness (QED) is 0.585. The third-order valence-electron chi connectivity index (χ3n) is 3.04. The maximum atomic E-state index is 11.9. The van der Waals surface area contributed by atoms with Gasteiger partial charge in [0.05, 0.1) is 0 Å². The van der Waals surface area contributed by atoms with Crippen LogP contribution in [0.2, 0.25) is 0 Å². The second-order valence-corrected chi connectivity index (χ2v) is 4.37. The zero-order valence-electron chi connectivity index (χ0n) is 10.2. The predicted octanol–water partition coefficient (Wildman–Crippen LogP) is 3.65. The smallest absolute Gasteiger partial charge is 0.339 e. The molecule has 0 spiro atoms. The van der Waals surface area contributed by atoms with Gasteiger partial charge in [-0.15, -0.1) is 0 Å². The van der Waals surface area contributed by atoms with E-state index in [1.807, 2.05) is 30.3 Å². The van der Waals surface area contributed by atoms with Gasteiger partial charge < -0.3 is 4.74 Å². The number of fused-ring (bicyclic) bond motifs is 1. The summed E-state index contributed by atoms with van der Waals surface area (Å²) in [5, 5.41) is 0. The first kappa shape index (κ1) is 11.9. The van der Waals surface area contributed by atoms with Crippen molar-refractivity contribution >= 4 is 5.97 Å². The van der Waals surface area contributed by atoms with Crippen LogP contribution >= 0.6 is 0 Å². The molecule has 1 aromatic rings. The fourth-order valence-corrected chi connectivity index (χ4v) is 2.03. The van der Waals surface area contributed by atoms with Gasteiger partial charge >= 0.3 is 5.97 Å². The van der Waals surface area contributed by atoms with Crippen LogP contribution in [0.4, 0.5) is 0 Å². The molecule has 0 amide bonds. The lowest BCUT2D eigenvalue weighted by molar-refractivity contribution is -0.130. The number of para-hydroxylation sites is 1. The van der Waals surface area contributed by atoms with Crippen LogP contribution in [0.5, 0.6) is 5.75 Å². The van der Waals surface area contributed by atoms with Crippen molar-refractivity contribution < 1.29 is 9.53 Å². The molecule has 0 radical (unpaired) electrons. The summed E-state index contributed by atoms with van der Waals surface area (Å²) in [6.07, 6.45) is 6.87. The van der Waals surface area contributed by atoms with Crippen LogP contribution < -0.4 is 4.74 Å². The fourth-order valence-electron chi connectivity index (χ4n) is 2.03. The van der Waals surface area contributed by atoms with E-state index in [0.717, 1.165) is 49.0 Å². The number of carbonyl (C=O) groups excluding carboxylic acids is 1. The minimum Gasteiger partial charge on any atom is -0.423 e. The molecule has 0 saturated carbocycles. The van der Waals surface area contributed by atoms with E-state index in [1.165, 1.54) is 0 Å². The molecular weight excluding hydrogens is 212 g/mol. The number of esters is 1. The van der Waals surface area contributed by atoms with E-state index in [4.69, 9.17) is 4.74 Å². The van der Waals surface area contributed by atoms with Crippen LogP contribution in [0.25, 0.3) is 0 Å². The van der Waals surface area contributed by atoms with Crippen LogP contribution in [0.3, 0.4) is 0 Å². The fraction of sp³-hybridized carbons (Fsp3) is 0.400. The van der Waals surface area contributed by atoms with E-state index in [1.54, 1.807) is 0 Å². The zero-order valence-corrected chi connectivity index (χ0v) is 10.2. The second-order valence-electron chi connectivity index (χ2n) is 4.37. The van der Waals surface area contributed by atoms with Gasteiger partial charge in [0, 0.05) is 5.57 Å². The molecule has 2 nitrogen and oxygen atoms in total. The Morgan fingerprint density at radius 1 is 1.29 bits per heavy atom. The van der Waals surface area contributed by atoms with E-state index in [2.05, 4.69) is 6.92 Å². The lowest BCUT2D eigenvalue weighted by atomic mass is 10.0. The van der Waals surface area contributed by atoms with Gasteiger partial charge in [0.1, 0.15) is 5.75 Å². The molecule has 0 aromatic heterocycles. The number of rotatable bonds is 3. The molecule has 1 aliphatic rings. The van der Waals surface area contributed by atoms with Crippen LogP contribution in [0.15, 0.2) is 35.9 Å². The number of benzene rings is 1. The summed E-state index contributed by atoms with van der Waals surface area (Å²) in [5.41, 5.74) is 1.95. The standard InChI is InChI=1S/C15H18O2/c1-2-3-7-13-10-6-9-12-8-4-5-11-14(12)17-15(13)16/h4-5,8,10-11H,2-3,6-7,9H2,1H3/b13-10-. The van der Waals surface area contributed by atoms with Gasteiger partial charge in [-0.05, 0) is 37.3 Å². The highest BCUT2D eigenvalue weighted by atomic mass is 16.5. The summed E-state index contributed by atoms with van der Waals surface area (Å²) in [7, 11) is 0. The van der Waals surface area contributed by atoms with E-state index < -0.39 is 0 Å². The van der Waals surface area contributed by atoms with Crippen LogP contribution in [-0.2, 0) is 11.2 Å². The topological polar surface area (TPSA) is 26.3 Å². The molecule has 0 N–H and O–H groups in total. The summed E-state index contributed by atoms with van der Waals surface area (Å²) in [6.45, 7) is 2.13. The average molecular weight is 230 g/mol. The van der Waals surface area contributed by atoms with Gasteiger partial charge in [-0.3, -0.25) is 0 Å². The van der Waals surface area contributed by atoms with Gasteiger partial charge in [0.2, 0.25) is 0 Å². The molecular formula is C15H18O2. The van der Waals surface area contributed by atoms with Gasteiger partial charge in [0.15, 0.2) is 0 Å². The molecule has 1 aliphatic heterocycles. The van der Waals surface area contributed by atoms with E-state index in [0.29, 0.717) is 0 Å². The molecule has 2 heteroatoms. The Morgan fingerprint density at radius 2 is 2.12 bits per heavy atom. The molecule has 1 aromatic carbocycles. The summed E-state index contributed by atoms with van der Waals surface area (Å²) >= 11 is 0. The molecule has 1 heterocycles. The Hall–Kier alpha value is -1.57. The molecule has 0 unspecified atom stereocenters. The highest BCUT2D eigenvalue weighted by molar-refractivity contribution is 5.90. The number of allylic oxidation sites excluding steroid dienone is 1. The Balaban J connectivity index is 2.16. The molecule has 0 aliphatic carbocycles. The third kappa shape index (κ3) is 2.96. The average Bonchev–Trinajstić information content (AvgIpc) is 2.33. The Morgan fingerprint density at radius 3 is 2.94 bits per heavy atom. The van der Waals surface area contributed by atoms with Crippen molar-refractivity contribution in [2.75, 3.05) is 0 Å². The molecule has 17 heavy (non-hydrogen) atoms. The monoisotopic (exact) mass is 230 g/mol. The van der Waals surface area contributed by atoms with E-state index in [-0.39, 0.29) is 5.97 Å². The number of ether oxygens (including phenoxy) is 1. The predicted molar refractivity (Wildman–Crippen MR) is 68.0 cm³/mol.